The van der Waals surface area contributed by atoms with Gasteiger partial charge in [-0.2, -0.15) is 0 Å². The van der Waals surface area contributed by atoms with E-state index in [4.69, 9.17) is 4.74 Å². The number of carbonyl (C=O) groups is 1. The molecule has 116 valence electrons. The maximum atomic E-state index is 12.5. The average molecular weight is 344 g/mol. The SMILES string of the molecule is O=C1OCCC1Sc1nc2scc(-c3ccccc3)c2c(=O)[nH]1. The smallest absolute Gasteiger partial charge is 0.319 e. The lowest BCUT2D eigenvalue weighted by Gasteiger charge is -2.04. The van der Waals surface area contributed by atoms with Crippen LogP contribution in [0.1, 0.15) is 6.42 Å². The average Bonchev–Trinajstić information content (AvgIpc) is 3.15. The van der Waals surface area contributed by atoms with Crippen LogP contribution >= 0.6 is 23.1 Å². The van der Waals surface area contributed by atoms with E-state index in [1.165, 1.54) is 23.1 Å². The van der Waals surface area contributed by atoms with Crippen LogP contribution < -0.4 is 5.56 Å². The van der Waals surface area contributed by atoms with Crippen LogP contribution in [-0.2, 0) is 9.53 Å². The highest BCUT2D eigenvalue weighted by atomic mass is 32.2. The standard InChI is InChI=1S/C16H12N2O3S2/c19-13-12-10(9-4-2-1-3-5-9)8-22-14(12)18-16(17-13)23-11-6-7-21-15(11)20/h1-5,8,11H,6-7H2,(H,17,18,19). The van der Waals surface area contributed by atoms with Gasteiger partial charge in [0.15, 0.2) is 5.16 Å². The number of nitrogens with zero attached hydrogens (tertiary/aromatic N) is 1. The Morgan fingerprint density at radius 2 is 2.09 bits per heavy atom. The molecule has 4 rings (SSSR count). The van der Waals surface area contributed by atoms with Gasteiger partial charge >= 0.3 is 5.97 Å². The van der Waals surface area contributed by atoms with Crippen molar-refractivity contribution in [3.63, 3.8) is 0 Å². The number of esters is 1. The summed E-state index contributed by atoms with van der Waals surface area (Å²) in [7, 11) is 0. The molecule has 23 heavy (non-hydrogen) atoms. The molecule has 3 heterocycles. The lowest BCUT2D eigenvalue weighted by Crippen LogP contribution is -2.13. The molecule has 2 aromatic heterocycles. The highest BCUT2D eigenvalue weighted by Crippen LogP contribution is 2.33. The van der Waals surface area contributed by atoms with Gasteiger partial charge < -0.3 is 9.72 Å². The van der Waals surface area contributed by atoms with Crippen molar-refractivity contribution in [2.24, 2.45) is 0 Å². The van der Waals surface area contributed by atoms with Gasteiger partial charge in [-0.3, -0.25) is 9.59 Å². The Hall–Kier alpha value is -2.12. The van der Waals surface area contributed by atoms with Crippen molar-refractivity contribution in [3.05, 3.63) is 46.1 Å². The number of hydrogen-bond donors (Lipinski definition) is 1. The van der Waals surface area contributed by atoms with Crippen molar-refractivity contribution >= 4 is 39.3 Å². The fourth-order valence-corrected chi connectivity index (χ4v) is 4.48. The van der Waals surface area contributed by atoms with Crippen LogP contribution in [0.25, 0.3) is 21.3 Å². The van der Waals surface area contributed by atoms with E-state index >= 15 is 0 Å². The molecule has 1 aliphatic rings. The lowest BCUT2D eigenvalue weighted by molar-refractivity contribution is -0.137. The van der Waals surface area contributed by atoms with Gasteiger partial charge in [0.1, 0.15) is 10.1 Å². The van der Waals surface area contributed by atoms with E-state index in [2.05, 4.69) is 9.97 Å². The topological polar surface area (TPSA) is 72.0 Å². The van der Waals surface area contributed by atoms with Crippen molar-refractivity contribution < 1.29 is 9.53 Å². The van der Waals surface area contributed by atoms with E-state index in [9.17, 15) is 9.59 Å². The van der Waals surface area contributed by atoms with Crippen LogP contribution in [0.5, 0.6) is 0 Å². The molecule has 0 aliphatic carbocycles. The third kappa shape index (κ3) is 2.66. The molecule has 0 amide bonds. The summed E-state index contributed by atoms with van der Waals surface area (Å²) in [5, 5.41) is 2.72. The number of thiophene rings is 1. The van der Waals surface area contributed by atoms with Gasteiger partial charge in [0.25, 0.3) is 5.56 Å². The normalized spacial score (nSPS) is 17.6. The Kier molecular flexibility index (Phi) is 3.66. The van der Waals surface area contributed by atoms with Crippen LogP contribution in [0, 0.1) is 0 Å². The minimum Gasteiger partial charge on any atom is -0.465 e. The van der Waals surface area contributed by atoms with Crippen molar-refractivity contribution in [2.75, 3.05) is 6.61 Å². The molecule has 0 spiro atoms. The first kappa shape index (κ1) is 14.5. The lowest BCUT2D eigenvalue weighted by atomic mass is 10.1. The monoisotopic (exact) mass is 344 g/mol. The number of ether oxygens (including phenoxy) is 1. The number of thioether (sulfide) groups is 1. The fourth-order valence-electron chi connectivity index (χ4n) is 2.53. The molecule has 3 aromatic rings. The maximum absolute atomic E-state index is 12.5. The minimum atomic E-state index is -0.288. The largest absolute Gasteiger partial charge is 0.465 e. The minimum absolute atomic E-state index is 0.177. The number of aromatic nitrogens is 2. The predicted octanol–water partition coefficient (Wildman–Crippen LogP) is 3.06. The number of cyclic esters (lactones) is 1. The molecule has 1 atom stereocenters. The van der Waals surface area contributed by atoms with Gasteiger partial charge in [0.2, 0.25) is 0 Å². The zero-order valence-electron chi connectivity index (χ0n) is 11.9. The van der Waals surface area contributed by atoms with Gasteiger partial charge in [-0.25, -0.2) is 4.98 Å². The summed E-state index contributed by atoms with van der Waals surface area (Å²) >= 11 is 2.69. The summed E-state index contributed by atoms with van der Waals surface area (Å²) in [6.45, 7) is 0.431. The van der Waals surface area contributed by atoms with E-state index in [0.717, 1.165) is 11.1 Å². The molecule has 0 bridgehead atoms. The van der Waals surface area contributed by atoms with Crippen molar-refractivity contribution in [3.8, 4) is 11.1 Å². The second kappa shape index (κ2) is 5.82. The fraction of sp³-hybridized carbons (Fsp3) is 0.188. The van der Waals surface area contributed by atoms with E-state index in [1.807, 2.05) is 35.7 Å². The predicted molar refractivity (Wildman–Crippen MR) is 90.9 cm³/mol. The number of rotatable bonds is 3. The molecule has 1 aromatic carbocycles. The van der Waals surface area contributed by atoms with E-state index in [0.29, 0.717) is 28.4 Å². The second-order valence-electron chi connectivity index (χ2n) is 5.13. The highest BCUT2D eigenvalue weighted by molar-refractivity contribution is 8.00. The zero-order valence-corrected chi connectivity index (χ0v) is 13.6. The number of H-pyrrole nitrogens is 1. The molecule has 7 heteroatoms. The second-order valence-corrected chi connectivity index (χ2v) is 7.18. The van der Waals surface area contributed by atoms with Gasteiger partial charge in [-0.15, -0.1) is 11.3 Å². The third-order valence-corrected chi connectivity index (χ3v) is 5.65. The Labute approximate surface area is 139 Å². The zero-order chi connectivity index (χ0) is 15.8. The maximum Gasteiger partial charge on any atom is 0.319 e. The summed E-state index contributed by atoms with van der Waals surface area (Å²) in [4.78, 5) is 32.0. The van der Waals surface area contributed by atoms with Gasteiger partial charge in [-0.1, -0.05) is 42.1 Å². The number of fused-ring (bicyclic) bond motifs is 1. The Bertz CT molecular complexity index is 933. The number of benzene rings is 1. The van der Waals surface area contributed by atoms with Crippen LogP contribution in [0.4, 0.5) is 0 Å². The van der Waals surface area contributed by atoms with Crippen molar-refractivity contribution in [1.82, 2.24) is 9.97 Å². The summed E-state index contributed by atoms with van der Waals surface area (Å²) in [6, 6.07) is 9.76. The summed E-state index contributed by atoms with van der Waals surface area (Å²) < 4.78 is 4.94. The van der Waals surface area contributed by atoms with E-state index in [-0.39, 0.29) is 16.8 Å². The van der Waals surface area contributed by atoms with Crippen LogP contribution in [0.15, 0.2) is 45.7 Å². The van der Waals surface area contributed by atoms with Crippen LogP contribution in [0.2, 0.25) is 0 Å². The number of hydrogen-bond acceptors (Lipinski definition) is 6. The van der Waals surface area contributed by atoms with Crippen molar-refractivity contribution in [1.29, 1.82) is 0 Å². The van der Waals surface area contributed by atoms with Gasteiger partial charge in [-0.05, 0) is 5.56 Å². The Balaban J connectivity index is 1.75. The number of carbonyl (C=O) groups excluding carboxylic acids is 1. The van der Waals surface area contributed by atoms with Crippen LogP contribution in [0.3, 0.4) is 0 Å². The molecule has 1 unspecified atom stereocenters. The van der Waals surface area contributed by atoms with Gasteiger partial charge in [0.05, 0.1) is 12.0 Å². The first-order chi connectivity index (χ1) is 11.2. The van der Waals surface area contributed by atoms with E-state index in [1.54, 1.807) is 0 Å². The van der Waals surface area contributed by atoms with Gasteiger partial charge in [0, 0.05) is 17.4 Å². The molecule has 0 saturated carbocycles. The first-order valence-electron chi connectivity index (χ1n) is 7.12. The Morgan fingerprint density at radius 3 is 2.83 bits per heavy atom. The molecule has 0 radical (unpaired) electrons. The molecular formula is C16H12N2O3S2. The molecule has 1 fully saturated rings. The summed E-state index contributed by atoms with van der Waals surface area (Å²) in [5.41, 5.74) is 1.70. The first-order valence-corrected chi connectivity index (χ1v) is 8.88. The highest BCUT2D eigenvalue weighted by Gasteiger charge is 2.28. The molecule has 1 aliphatic heterocycles. The van der Waals surface area contributed by atoms with Crippen molar-refractivity contribution in [2.45, 2.75) is 16.8 Å². The molecule has 5 nitrogen and oxygen atoms in total. The quantitative estimate of drug-likeness (QED) is 0.584. The molecular weight excluding hydrogens is 332 g/mol. The van der Waals surface area contributed by atoms with Crippen LogP contribution in [-0.4, -0.2) is 27.8 Å². The van der Waals surface area contributed by atoms with E-state index < -0.39 is 0 Å². The number of aromatic amines is 1. The molecule has 1 saturated heterocycles. The summed E-state index contributed by atoms with van der Waals surface area (Å²) in [5.74, 6) is -0.242. The summed E-state index contributed by atoms with van der Waals surface area (Å²) in [6.07, 6.45) is 0.644. The molecule has 1 N–H and O–H groups in total. The Morgan fingerprint density at radius 1 is 1.26 bits per heavy atom. The third-order valence-electron chi connectivity index (χ3n) is 3.65. The number of nitrogens with one attached hydrogen (secondary N) is 1.